The van der Waals surface area contributed by atoms with E-state index in [2.05, 4.69) is 4.74 Å². The molecule has 1 saturated carbocycles. The highest BCUT2D eigenvalue weighted by Crippen LogP contribution is 2.48. The van der Waals surface area contributed by atoms with Crippen LogP contribution in [-0.2, 0) is 5.67 Å². The Bertz CT molecular complexity index is 412. The van der Waals surface area contributed by atoms with Crippen molar-refractivity contribution in [3.05, 3.63) is 29.8 Å². The van der Waals surface area contributed by atoms with Crippen LogP contribution in [0.1, 0.15) is 18.4 Å². The zero-order valence-electron chi connectivity index (χ0n) is 8.80. The van der Waals surface area contributed by atoms with Crippen molar-refractivity contribution in [2.45, 2.75) is 30.9 Å². The van der Waals surface area contributed by atoms with E-state index < -0.39 is 17.8 Å². The van der Waals surface area contributed by atoms with Crippen molar-refractivity contribution in [1.29, 1.82) is 0 Å². The average Bonchev–Trinajstić information content (AvgIpc) is 2.13. The molecular weight excluding hydrogens is 238 g/mol. The maximum Gasteiger partial charge on any atom is 0.573 e. The third kappa shape index (κ3) is 2.52. The second-order valence-electron chi connectivity index (χ2n) is 4.18. The van der Waals surface area contributed by atoms with E-state index in [4.69, 9.17) is 5.73 Å². The molecule has 1 fully saturated rings. The predicted octanol–water partition coefficient (Wildman–Crippen LogP) is 2.87. The lowest BCUT2D eigenvalue weighted by molar-refractivity contribution is -0.275. The SMILES string of the molecule is NC1CC(F)(c2ccccc2OC(F)(F)F)C1. The number of benzene rings is 1. The van der Waals surface area contributed by atoms with E-state index in [1.54, 1.807) is 0 Å². The van der Waals surface area contributed by atoms with Crippen molar-refractivity contribution in [2.24, 2.45) is 5.73 Å². The summed E-state index contributed by atoms with van der Waals surface area (Å²) < 4.78 is 54.4. The minimum atomic E-state index is -4.82. The Morgan fingerprint density at radius 2 is 1.82 bits per heavy atom. The summed E-state index contributed by atoms with van der Waals surface area (Å²) in [5, 5.41) is 0. The van der Waals surface area contributed by atoms with E-state index in [9.17, 15) is 17.6 Å². The first-order chi connectivity index (χ1) is 7.80. The zero-order chi connectivity index (χ0) is 12.7. The second-order valence-corrected chi connectivity index (χ2v) is 4.18. The van der Waals surface area contributed by atoms with E-state index in [0.29, 0.717) is 0 Å². The highest BCUT2D eigenvalue weighted by Gasteiger charge is 2.47. The third-order valence-corrected chi connectivity index (χ3v) is 2.77. The number of ether oxygens (including phenoxy) is 1. The van der Waals surface area contributed by atoms with Gasteiger partial charge in [0.2, 0.25) is 0 Å². The molecule has 0 aliphatic heterocycles. The fraction of sp³-hybridized carbons (Fsp3) is 0.455. The van der Waals surface area contributed by atoms with Crippen LogP contribution in [0.25, 0.3) is 0 Å². The summed E-state index contributed by atoms with van der Waals surface area (Å²) in [5.41, 5.74) is 3.58. The molecule has 0 heterocycles. The largest absolute Gasteiger partial charge is 0.573 e. The lowest BCUT2D eigenvalue weighted by atomic mass is 9.73. The molecule has 0 aromatic heterocycles. The van der Waals surface area contributed by atoms with Gasteiger partial charge in [0.05, 0.1) is 0 Å². The molecule has 2 nitrogen and oxygen atoms in total. The average molecular weight is 249 g/mol. The monoisotopic (exact) mass is 249 g/mol. The van der Waals surface area contributed by atoms with Gasteiger partial charge >= 0.3 is 6.36 Å². The minimum Gasteiger partial charge on any atom is -0.405 e. The Balaban J connectivity index is 2.28. The van der Waals surface area contributed by atoms with E-state index >= 15 is 0 Å². The molecule has 1 aliphatic rings. The molecule has 0 radical (unpaired) electrons. The van der Waals surface area contributed by atoms with E-state index in [1.165, 1.54) is 18.2 Å². The number of alkyl halides is 4. The van der Waals surface area contributed by atoms with Crippen molar-refractivity contribution >= 4 is 0 Å². The normalized spacial score (nSPS) is 28.6. The summed E-state index contributed by atoms with van der Waals surface area (Å²) in [6.07, 6.45) is -4.78. The molecule has 0 amide bonds. The zero-order valence-corrected chi connectivity index (χ0v) is 8.80. The van der Waals surface area contributed by atoms with Crippen molar-refractivity contribution < 1.29 is 22.3 Å². The molecule has 94 valence electrons. The number of nitrogens with two attached hydrogens (primary N) is 1. The summed E-state index contributed by atoms with van der Waals surface area (Å²) >= 11 is 0. The first-order valence-electron chi connectivity index (χ1n) is 5.10. The van der Waals surface area contributed by atoms with Crippen LogP contribution in [0.5, 0.6) is 5.75 Å². The van der Waals surface area contributed by atoms with Gasteiger partial charge < -0.3 is 10.5 Å². The van der Waals surface area contributed by atoms with E-state index in [1.807, 2.05) is 0 Å². The molecule has 0 atom stereocenters. The summed E-state index contributed by atoms with van der Waals surface area (Å²) in [4.78, 5) is 0. The summed E-state index contributed by atoms with van der Waals surface area (Å²) in [6.45, 7) is 0. The van der Waals surface area contributed by atoms with Crippen LogP contribution in [0, 0.1) is 0 Å². The van der Waals surface area contributed by atoms with Crippen molar-refractivity contribution in [3.8, 4) is 5.75 Å². The second kappa shape index (κ2) is 3.87. The number of halogens is 4. The van der Waals surface area contributed by atoms with Gasteiger partial charge in [0, 0.05) is 24.4 Å². The molecule has 1 aromatic rings. The van der Waals surface area contributed by atoms with E-state index in [-0.39, 0.29) is 24.4 Å². The highest BCUT2D eigenvalue weighted by atomic mass is 19.4. The molecule has 0 bridgehead atoms. The van der Waals surface area contributed by atoms with Gasteiger partial charge in [0.1, 0.15) is 11.4 Å². The minimum absolute atomic E-state index is 0.0191. The standard InChI is InChI=1S/C11H11F4NO/c12-10(5-7(16)6-10)8-3-1-2-4-9(8)17-11(13,14)15/h1-4,7H,5-6,16H2. The number of hydrogen-bond donors (Lipinski definition) is 1. The Morgan fingerprint density at radius 3 is 2.35 bits per heavy atom. The van der Waals surface area contributed by atoms with Gasteiger partial charge in [-0.25, -0.2) is 4.39 Å². The van der Waals surface area contributed by atoms with Crippen LogP contribution in [0.15, 0.2) is 24.3 Å². The molecule has 1 aliphatic carbocycles. The molecular formula is C11H11F4NO. The molecule has 6 heteroatoms. The topological polar surface area (TPSA) is 35.2 Å². The first kappa shape index (κ1) is 12.2. The Labute approximate surface area is 95.4 Å². The Morgan fingerprint density at radius 1 is 1.24 bits per heavy atom. The highest BCUT2D eigenvalue weighted by molar-refractivity contribution is 5.40. The van der Waals surface area contributed by atoms with Crippen molar-refractivity contribution in [1.82, 2.24) is 0 Å². The van der Waals surface area contributed by atoms with Gasteiger partial charge in [-0.2, -0.15) is 0 Å². The Kier molecular flexibility index (Phi) is 2.77. The van der Waals surface area contributed by atoms with E-state index in [0.717, 1.165) is 6.07 Å². The van der Waals surface area contributed by atoms with Crippen molar-refractivity contribution in [3.63, 3.8) is 0 Å². The maximum absolute atomic E-state index is 14.2. The summed E-state index contributed by atoms with van der Waals surface area (Å²) in [5.74, 6) is -0.491. The molecule has 0 unspecified atom stereocenters. The van der Waals surface area contributed by atoms with Crippen LogP contribution >= 0.6 is 0 Å². The molecule has 17 heavy (non-hydrogen) atoms. The molecule has 1 aromatic carbocycles. The van der Waals surface area contributed by atoms with Gasteiger partial charge in [-0.1, -0.05) is 18.2 Å². The van der Waals surface area contributed by atoms with Crippen LogP contribution in [0.2, 0.25) is 0 Å². The molecule has 2 N–H and O–H groups in total. The van der Waals surface area contributed by atoms with Crippen molar-refractivity contribution in [2.75, 3.05) is 0 Å². The molecule has 0 saturated heterocycles. The van der Waals surface area contributed by atoms with Crippen LogP contribution in [-0.4, -0.2) is 12.4 Å². The quantitative estimate of drug-likeness (QED) is 0.818. The van der Waals surface area contributed by atoms with Gasteiger partial charge in [-0.3, -0.25) is 0 Å². The smallest absolute Gasteiger partial charge is 0.405 e. The predicted molar refractivity (Wildman–Crippen MR) is 53.1 cm³/mol. The van der Waals surface area contributed by atoms with Gasteiger partial charge in [0.15, 0.2) is 0 Å². The lowest BCUT2D eigenvalue weighted by Crippen LogP contribution is -2.46. The third-order valence-electron chi connectivity index (χ3n) is 2.77. The fourth-order valence-electron chi connectivity index (χ4n) is 2.04. The van der Waals surface area contributed by atoms with Crippen LogP contribution in [0.4, 0.5) is 17.6 Å². The van der Waals surface area contributed by atoms with Gasteiger partial charge in [-0.05, 0) is 6.07 Å². The molecule has 0 spiro atoms. The lowest BCUT2D eigenvalue weighted by Gasteiger charge is -2.40. The number of para-hydroxylation sites is 1. The van der Waals surface area contributed by atoms with Crippen LogP contribution in [0.3, 0.4) is 0 Å². The van der Waals surface area contributed by atoms with Gasteiger partial charge in [-0.15, -0.1) is 13.2 Å². The first-order valence-corrected chi connectivity index (χ1v) is 5.10. The Hall–Kier alpha value is -1.30. The number of hydrogen-bond acceptors (Lipinski definition) is 2. The maximum atomic E-state index is 14.2. The van der Waals surface area contributed by atoms with Crippen LogP contribution < -0.4 is 10.5 Å². The molecule has 2 rings (SSSR count). The van der Waals surface area contributed by atoms with Gasteiger partial charge in [0.25, 0.3) is 0 Å². The number of rotatable bonds is 2. The summed E-state index contributed by atoms with van der Waals surface area (Å²) in [7, 11) is 0. The summed E-state index contributed by atoms with van der Waals surface area (Å²) in [6, 6.07) is 4.94. The fourth-order valence-corrected chi connectivity index (χ4v) is 2.04.